The number of nitrogens with one attached hydrogen (secondary N) is 3. The van der Waals surface area contributed by atoms with Gasteiger partial charge in [0.2, 0.25) is 5.91 Å². The first kappa shape index (κ1) is 28.9. The van der Waals surface area contributed by atoms with Gasteiger partial charge >= 0.3 is 13.7 Å². The summed E-state index contributed by atoms with van der Waals surface area (Å²) < 4.78 is 30.3. The molecule has 0 fully saturated rings. The van der Waals surface area contributed by atoms with E-state index in [4.69, 9.17) is 13.8 Å². The fraction of sp³-hybridized carbons (Fsp3) is 0.600. The van der Waals surface area contributed by atoms with Crippen LogP contribution >= 0.6 is 7.60 Å². The molecule has 2 amide bonds. The predicted molar refractivity (Wildman–Crippen MR) is 137 cm³/mol. The Hall–Kier alpha value is -2.35. The van der Waals surface area contributed by atoms with E-state index in [9.17, 15) is 14.2 Å². The maximum absolute atomic E-state index is 13.8. The molecule has 2 rings (SSSR count). The van der Waals surface area contributed by atoms with Crippen molar-refractivity contribution in [3.63, 3.8) is 0 Å². The molecule has 0 saturated carbocycles. The SMILES string of the molecule is CCOP(=O)(OCC)[C@H](Cc1c[nH]c2ccccc12)NC(=O)[C@H](CC(C)C)NC(=O)OC(C)(C)C. The second-order valence-corrected chi connectivity index (χ2v) is 12.0. The molecular formula is C25H40N3O6P. The summed E-state index contributed by atoms with van der Waals surface area (Å²) in [5.74, 6) is -1.32. The number of benzene rings is 1. The van der Waals surface area contributed by atoms with Crippen LogP contribution in [0.2, 0.25) is 0 Å². The first-order valence-electron chi connectivity index (χ1n) is 12.1. The van der Waals surface area contributed by atoms with Gasteiger partial charge in [0.25, 0.3) is 0 Å². The van der Waals surface area contributed by atoms with Gasteiger partial charge in [-0.05, 0) is 58.6 Å². The lowest BCUT2D eigenvalue weighted by Gasteiger charge is -2.29. The maximum Gasteiger partial charge on any atom is 0.408 e. The highest BCUT2D eigenvalue weighted by Crippen LogP contribution is 2.53. The summed E-state index contributed by atoms with van der Waals surface area (Å²) in [4.78, 5) is 29.0. The first-order chi connectivity index (χ1) is 16.4. The highest BCUT2D eigenvalue weighted by molar-refractivity contribution is 7.54. The molecule has 0 spiro atoms. The Balaban J connectivity index is 2.35. The number of hydrogen-bond acceptors (Lipinski definition) is 6. The minimum atomic E-state index is -3.73. The van der Waals surface area contributed by atoms with E-state index in [1.807, 2.05) is 44.3 Å². The average Bonchev–Trinajstić information content (AvgIpc) is 3.14. The van der Waals surface area contributed by atoms with E-state index in [0.717, 1.165) is 16.5 Å². The monoisotopic (exact) mass is 509 g/mol. The quantitative estimate of drug-likeness (QED) is 0.332. The van der Waals surface area contributed by atoms with Crippen molar-refractivity contribution < 1.29 is 27.9 Å². The van der Waals surface area contributed by atoms with Gasteiger partial charge in [-0.15, -0.1) is 0 Å². The summed E-state index contributed by atoms with van der Waals surface area (Å²) in [6.07, 6.45) is 1.73. The van der Waals surface area contributed by atoms with Crippen molar-refractivity contribution in [2.45, 2.75) is 78.7 Å². The third kappa shape index (κ3) is 8.67. The largest absolute Gasteiger partial charge is 0.444 e. The van der Waals surface area contributed by atoms with Crippen LogP contribution in [0.3, 0.4) is 0 Å². The second kappa shape index (κ2) is 12.6. The van der Waals surface area contributed by atoms with E-state index in [2.05, 4.69) is 15.6 Å². The molecule has 1 aromatic carbocycles. The van der Waals surface area contributed by atoms with Gasteiger partial charge in [0.1, 0.15) is 17.4 Å². The van der Waals surface area contributed by atoms with Crippen molar-refractivity contribution in [2.24, 2.45) is 5.92 Å². The number of para-hydroxylation sites is 1. The Morgan fingerprint density at radius 3 is 2.26 bits per heavy atom. The fourth-order valence-corrected chi connectivity index (χ4v) is 5.61. The molecule has 0 aliphatic heterocycles. The van der Waals surface area contributed by atoms with Crippen LogP contribution in [0.5, 0.6) is 0 Å². The number of H-pyrrole nitrogens is 1. The summed E-state index contributed by atoms with van der Waals surface area (Å²) >= 11 is 0. The average molecular weight is 510 g/mol. The molecule has 2 atom stereocenters. The standard InChI is InChI=1S/C25H40N3O6P/c1-8-32-35(31,33-9-2)22(15-18-16-26-20-13-11-10-12-19(18)20)28-23(29)21(14-17(3)4)27-24(30)34-25(5,6)7/h10-13,16-17,21-22,26H,8-9,14-15H2,1-7H3,(H,27,30)(H,28,29)/t21-,22+/m0/s1. The van der Waals surface area contributed by atoms with Crippen molar-refractivity contribution in [1.82, 2.24) is 15.6 Å². The lowest BCUT2D eigenvalue weighted by atomic mass is 10.0. The first-order valence-corrected chi connectivity index (χ1v) is 13.7. The molecule has 196 valence electrons. The highest BCUT2D eigenvalue weighted by atomic mass is 31.2. The number of amides is 2. The third-order valence-electron chi connectivity index (χ3n) is 5.11. The summed E-state index contributed by atoms with van der Waals surface area (Å²) in [5, 5.41) is 6.49. The molecule has 0 aliphatic rings. The van der Waals surface area contributed by atoms with E-state index in [0.29, 0.717) is 6.42 Å². The zero-order chi connectivity index (χ0) is 26.2. The van der Waals surface area contributed by atoms with Crippen LogP contribution in [0.15, 0.2) is 30.5 Å². The minimum Gasteiger partial charge on any atom is -0.444 e. The Morgan fingerprint density at radius 2 is 1.69 bits per heavy atom. The van der Waals surface area contributed by atoms with Crippen LogP contribution in [-0.4, -0.2) is 47.6 Å². The molecule has 3 N–H and O–H groups in total. The van der Waals surface area contributed by atoms with E-state index >= 15 is 0 Å². The lowest BCUT2D eigenvalue weighted by Crippen LogP contribution is -2.51. The van der Waals surface area contributed by atoms with Crippen molar-refractivity contribution in [3.05, 3.63) is 36.0 Å². The lowest BCUT2D eigenvalue weighted by molar-refractivity contribution is -0.124. The predicted octanol–water partition coefficient (Wildman–Crippen LogP) is 5.36. The summed E-state index contributed by atoms with van der Waals surface area (Å²) in [6.45, 7) is 12.9. The maximum atomic E-state index is 13.8. The topological polar surface area (TPSA) is 119 Å². The van der Waals surface area contributed by atoms with E-state index in [-0.39, 0.29) is 25.6 Å². The third-order valence-corrected chi connectivity index (χ3v) is 7.42. The Morgan fingerprint density at radius 1 is 1.06 bits per heavy atom. The van der Waals surface area contributed by atoms with E-state index in [1.165, 1.54) is 0 Å². The molecular weight excluding hydrogens is 469 g/mol. The molecule has 0 bridgehead atoms. The molecule has 35 heavy (non-hydrogen) atoms. The number of alkyl carbamates (subject to hydrolysis) is 1. The Kier molecular flexibility index (Phi) is 10.4. The van der Waals surface area contributed by atoms with Crippen LogP contribution in [0, 0.1) is 5.92 Å². The molecule has 0 radical (unpaired) electrons. The Labute approximate surface area is 208 Å². The number of hydrogen-bond donors (Lipinski definition) is 3. The van der Waals surface area contributed by atoms with E-state index in [1.54, 1.807) is 34.6 Å². The van der Waals surface area contributed by atoms with Gasteiger partial charge < -0.3 is 29.4 Å². The van der Waals surface area contributed by atoms with Crippen LogP contribution < -0.4 is 10.6 Å². The molecule has 10 heteroatoms. The zero-order valence-electron chi connectivity index (χ0n) is 21.8. The van der Waals surface area contributed by atoms with Crippen LogP contribution in [0.4, 0.5) is 4.79 Å². The molecule has 0 saturated heterocycles. The van der Waals surface area contributed by atoms with Gasteiger partial charge in [0.05, 0.1) is 13.2 Å². The molecule has 0 aliphatic carbocycles. The smallest absolute Gasteiger partial charge is 0.408 e. The van der Waals surface area contributed by atoms with Gasteiger partial charge in [-0.1, -0.05) is 32.0 Å². The van der Waals surface area contributed by atoms with Gasteiger partial charge in [-0.2, -0.15) is 0 Å². The van der Waals surface area contributed by atoms with Crippen LogP contribution in [0.1, 0.15) is 60.5 Å². The van der Waals surface area contributed by atoms with Gasteiger partial charge in [-0.3, -0.25) is 9.36 Å². The number of rotatable bonds is 12. The normalized spacial score (nSPS) is 14.1. The summed E-state index contributed by atoms with van der Waals surface area (Å²) in [6, 6.07) is 6.86. The molecule has 0 unspecified atom stereocenters. The second-order valence-electron chi connectivity index (χ2n) is 9.79. The van der Waals surface area contributed by atoms with Gasteiger partial charge in [-0.25, -0.2) is 4.79 Å². The summed E-state index contributed by atoms with van der Waals surface area (Å²) in [5.41, 5.74) is 1.09. The molecule has 1 aromatic heterocycles. The van der Waals surface area contributed by atoms with E-state index < -0.39 is 37.0 Å². The Bertz CT molecular complexity index is 1020. The number of carbonyl (C=O) groups excluding carboxylic acids is 2. The van der Waals surface area contributed by atoms with Crippen molar-refractivity contribution in [1.29, 1.82) is 0 Å². The fourth-order valence-electron chi connectivity index (χ4n) is 3.75. The number of fused-ring (bicyclic) bond motifs is 1. The molecule has 2 aromatic rings. The van der Waals surface area contributed by atoms with Crippen molar-refractivity contribution in [3.8, 4) is 0 Å². The van der Waals surface area contributed by atoms with Gasteiger partial charge in [0, 0.05) is 23.5 Å². The van der Waals surface area contributed by atoms with Gasteiger partial charge in [0.15, 0.2) is 0 Å². The van der Waals surface area contributed by atoms with Crippen LogP contribution in [-0.2, 0) is 29.6 Å². The number of aromatic amines is 1. The molecule has 9 nitrogen and oxygen atoms in total. The number of aromatic nitrogens is 1. The zero-order valence-corrected chi connectivity index (χ0v) is 22.7. The molecule has 1 heterocycles. The summed E-state index contributed by atoms with van der Waals surface area (Å²) in [7, 11) is -3.73. The van der Waals surface area contributed by atoms with Crippen molar-refractivity contribution in [2.75, 3.05) is 13.2 Å². The number of ether oxygens (including phenoxy) is 1. The van der Waals surface area contributed by atoms with Crippen molar-refractivity contribution >= 4 is 30.5 Å². The van der Waals surface area contributed by atoms with Crippen LogP contribution in [0.25, 0.3) is 10.9 Å². The minimum absolute atomic E-state index is 0.110. The number of carbonyl (C=O) groups is 2. The highest BCUT2D eigenvalue weighted by Gasteiger charge is 2.39.